The molecule has 0 bridgehead atoms. The molecule has 1 unspecified atom stereocenters. The highest BCUT2D eigenvalue weighted by Gasteiger charge is 1.87. The molecule has 6 heavy (non-hydrogen) atoms. The minimum Gasteiger partial charge on any atom is -0.390 e. The predicted molar refractivity (Wildman–Crippen MR) is 24.1 cm³/mol. The number of nitrogens with two attached hydrogens (primary N) is 1. The van der Waals surface area contributed by atoms with Gasteiger partial charge in [-0.1, -0.05) is 6.58 Å². The van der Waals surface area contributed by atoms with Crippen LogP contribution in [0.25, 0.3) is 0 Å². The zero-order valence-corrected chi connectivity index (χ0v) is 3.86. The Labute approximate surface area is 38.1 Å². The second-order valence-corrected chi connectivity index (χ2v) is 1.74. The maximum atomic E-state index is 9.59. The van der Waals surface area contributed by atoms with Crippen LogP contribution in [0.2, 0.25) is 0 Å². The van der Waals surface area contributed by atoms with Crippen LogP contribution in [-0.4, -0.2) is 8.76 Å². The summed E-state index contributed by atoms with van der Waals surface area (Å²) in [7, 11) is 0. The van der Waals surface area contributed by atoms with Crippen LogP contribution in [0.4, 0.5) is 0 Å². The molecule has 0 heterocycles. The third-order valence-electron chi connectivity index (χ3n) is 0.224. The molecular formula is C2H5NO2S. The number of hydrogen-bond acceptors (Lipinski definition) is 2. The molecule has 0 spiro atoms. The summed E-state index contributed by atoms with van der Waals surface area (Å²) in [6.07, 6.45) is 0. The fourth-order valence-electron chi connectivity index (χ4n) is 0. The lowest BCUT2D eigenvalue weighted by atomic mass is 11.1. The van der Waals surface area contributed by atoms with E-state index in [0.717, 1.165) is 0 Å². The van der Waals surface area contributed by atoms with Crippen molar-refractivity contribution in [2.75, 3.05) is 0 Å². The molecule has 1 atom stereocenters. The van der Waals surface area contributed by atoms with Crippen LogP contribution in [0.3, 0.4) is 0 Å². The zero-order valence-electron chi connectivity index (χ0n) is 3.05. The quantitative estimate of drug-likeness (QED) is 0.450. The van der Waals surface area contributed by atoms with Crippen LogP contribution in [0.15, 0.2) is 11.6 Å². The Morgan fingerprint density at radius 2 is 2.17 bits per heavy atom. The summed E-state index contributed by atoms with van der Waals surface area (Å²) in [6, 6.07) is 0. The molecule has 4 heteroatoms. The SMILES string of the molecule is C=C(N)S(=O)O. The molecule has 0 amide bonds. The van der Waals surface area contributed by atoms with Gasteiger partial charge in [-0.15, -0.1) is 0 Å². The van der Waals surface area contributed by atoms with Gasteiger partial charge in [0.1, 0.15) is 5.03 Å². The topological polar surface area (TPSA) is 63.3 Å². The fraction of sp³-hybridized carbons (Fsp3) is 0. The van der Waals surface area contributed by atoms with Gasteiger partial charge in [0.2, 0.25) is 11.1 Å². The monoisotopic (exact) mass is 107 g/mol. The molecule has 3 nitrogen and oxygen atoms in total. The lowest BCUT2D eigenvalue weighted by Crippen LogP contribution is -2.00. The van der Waals surface area contributed by atoms with E-state index in [1.807, 2.05) is 0 Å². The number of hydrogen-bond donors (Lipinski definition) is 2. The Morgan fingerprint density at radius 3 is 2.17 bits per heavy atom. The van der Waals surface area contributed by atoms with E-state index in [2.05, 4.69) is 6.58 Å². The van der Waals surface area contributed by atoms with Crippen LogP contribution in [0, 0.1) is 0 Å². The Kier molecular flexibility index (Phi) is 1.83. The van der Waals surface area contributed by atoms with Gasteiger partial charge in [0.15, 0.2) is 0 Å². The molecule has 0 saturated carbocycles. The molecule has 0 aromatic rings. The van der Waals surface area contributed by atoms with Gasteiger partial charge >= 0.3 is 0 Å². The molecule has 0 aromatic heterocycles. The van der Waals surface area contributed by atoms with Crippen LogP contribution >= 0.6 is 0 Å². The number of rotatable bonds is 1. The van der Waals surface area contributed by atoms with E-state index in [9.17, 15) is 4.21 Å². The minimum absolute atomic E-state index is 0.213. The molecule has 0 aliphatic carbocycles. The van der Waals surface area contributed by atoms with E-state index in [4.69, 9.17) is 10.3 Å². The van der Waals surface area contributed by atoms with Crippen molar-refractivity contribution in [2.24, 2.45) is 5.73 Å². The summed E-state index contributed by atoms with van der Waals surface area (Å²) >= 11 is -2.03. The highest BCUT2D eigenvalue weighted by atomic mass is 32.2. The van der Waals surface area contributed by atoms with E-state index in [0.29, 0.717) is 0 Å². The van der Waals surface area contributed by atoms with Crippen LogP contribution in [0.1, 0.15) is 0 Å². The van der Waals surface area contributed by atoms with Crippen LogP contribution < -0.4 is 5.73 Å². The first-order valence-electron chi connectivity index (χ1n) is 1.20. The molecule has 0 radical (unpaired) electrons. The fourth-order valence-corrected chi connectivity index (χ4v) is 0. The Bertz CT molecular complexity index is 77.5. The molecule has 0 saturated heterocycles. The largest absolute Gasteiger partial charge is 0.390 e. The van der Waals surface area contributed by atoms with Crippen molar-refractivity contribution in [1.82, 2.24) is 0 Å². The van der Waals surface area contributed by atoms with Crippen molar-refractivity contribution in [3.05, 3.63) is 11.6 Å². The molecule has 3 N–H and O–H groups in total. The van der Waals surface area contributed by atoms with Crippen molar-refractivity contribution in [1.29, 1.82) is 0 Å². The van der Waals surface area contributed by atoms with Crippen molar-refractivity contribution in [2.45, 2.75) is 0 Å². The molecular weight excluding hydrogens is 102 g/mol. The average Bonchev–Trinajstić information content (AvgIpc) is 1.36. The zero-order chi connectivity index (χ0) is 5.15. The van der Waals surface area contributed by atoms with Crippen LogP contribution in [0.5, 0.6) is 0 Å². The second kappa shape index (κ2) is 1.94. The van der Waals surface area contributed by atoms with Gasteiger partial charge in [-0.05, 0) is 0 Å². The van der Waals surface area contributed by atoms with E-state index in [-0.39, 0.29) is 5.03 Å². The van der Waals surface area contributed by atoms with Gasteiger partial charge in [-0.3, -0.25) is 0 Å². The van der Waals surface area contributed by atoms with Gasteiger partial charge in [0.25, 0.3) is 0 Å². The highest BCUT2D eigenvalue weighted by Crippen LogP contribution is 1.77. The molecule has 0 aromatic carbocycles. The van der Waals surface area contributed by atoms with Gasteiger partial charge < -0.3 is 10.3 Å². The lowest BCUT2D eigenvalue weighted by Gasteiger charge is -1.82. The van der Waals surface area contributed by atoms with E-state index < -0.39 is 11.1 Å². The third kappa shape index (κ3) is 1.92. The summed E-state index contributed by atoms with van der Waals surface area (Å²) in [5, 5.41) is -0.213. The summed E-state index contributed by atoms with van der Waals surface area (Å²) in [6.45, 7) is 2.98. The standard InChI is InChI=1S/C2H5NO2S/c1-2(3)6(4)5/h1,3H2,(H,4,5). The normalized spacial score (nSPS) is 13.5. The smallest absolute Gasteiger partial charge is 0.202 e. The van der Waals surface area contributed by atoms with Crippen molar-refractivity contribution < 1.29 is 8.76 Å². The Hall–Kier alpha value is -0.350. The second-order valence-electron chi connectivity index (χ2n) is 0.715. The summed E-state index contributed by atoms with van der Waals surface area (Å²) < 4.78 is 17.5. The maximum Gasteiger partial charge on any atom is 0.202 e. The van der Waals surface area contributed by atoms with Crippen LogP contribution in [-0.2, 0) is 11.1 Å². The third-order valence-corrected chi connectivity index (χ3v) is 0.673. The van der Waals surface area contributed by atoms with E-state index in [1.165, 1.54) is 0 Å². The van der Waals surface area contributed by atoms with E-state index >= 15 is 0 Å². The molecule has 0 rings (SSSR count). The van der Waals surface area contributed by atoms with Gasteiger partial charge in [-0.2, -0.15) is 0 Å². The lowest BCUT2D eigenvalue weighted by molar-refractivity contribution is 0.571. The average molecular weight is 107 g/mol. The van der Waals surface area contributed by atoms with Crippen molar-refractivity contribution in [3.8, 4) is 0 Å². The first kappa shape index (κ1) is 5.65. The molecule has 0 aliphatic rings. The van der Waals surface area contributed by atoms with Gasteiger partial charge in [0, 0.05) is 0 Å². The summed E-state index contributed by atoms with van der Waals surface area (Å²) in [5.74, 6) is 0. The minimum atomic E-state index is -2.03. The highest BCUT2D eigenvalue weighted by molar-refractivity contribution is 7.83. The first-order chi connectivity index (χ1) is 2.64. The van der Waals surface area contributed by atoms with Gasteiger partial charge in [-0.25, -0.2) is 4.21 Å². The van der Waals surface area contributed by atoms with Crippen molar-refractivity contribution >= 4 is 11.1 Å². The summed E-state index contributed by atoms with van der Waals surface area (Å²) in [5.41, 5.74) is 4.69. The molecule has 36 valence electrons. The predicted octanol–water partition coefficient (Wildman–Crippen LogP) is -0.362. The Morgan fingerprint density at radius 1 is 2.00 bits per heavy atom. The summed E-state index contributed by atoms with van der Waals surface area (Å²) in [4.78, 5) is 0. The molecule has 0 fully saturated rings. The van der Waals surface area contributed by atoms with Gasteiger partial charge in [0.05, 0.1) is 0 Å². The molecule has 0 aliphatic heterocycles. The van der Waals surface area contributed by atoms with Crippen molar-refractivity contribution in [3.63, 3.8) is 0 Å². The first-order valence-corrected chi connectivity index (χ1v) is 2.30. The maximum absolute atomic E-state index is 9.59. The van der Waals surface area contributed by atoms with E-state index in [1.54, 1.807) is 0 Å². The Balaban J connectivity index is 3.57.